The minimum atomic E-state index is -0.886. The quantitative estimate of drug-likeness (QED) is 0.835. The molecule has 15 heavy (non-hydrogen) atoms. The lowest BCUT2D eigenvalue weighted by atomic mass is 10.00. The molecule has 1 atom stereocenters. The fraction of sp³-hybridized carbons (Fsp3) is 0.300. The van der Waals surface area contributed by atoms with Crippen LogP contribution in [0, 0.1) is 0 Å². The topological polar surface area (TPSA) is 63.3 Å². The number of thioether (sulfide) groups is 1. The largest absolute Gasteiger partial charge is 0.481 e. The minimum absolute atomic E-state index is 0.111. The van der Waals surface area contributed by atoms with Crippen LogP contribution in [0.4, 0.5) is 0 Å². The highest BCUT2D eigenvalue weighted by Crippen LogP contribution is 2.26. The Morgan fingerprint density at radius 2 is 2.27 bits per heavy atom. The van der Waals surface area contributed by atoms with Crippen LogP contribution in [0.5, 0.6) is 0 Å². The standard InChI is InChI=1S/C10H12BrNO2S/c1-15-8-3-6(2-7(11)4-8)9(5-12)10(13)14/h2-4,9H,5,12H2,1H3,(H,13,14). The average molecular weight is 290 g/mol. The molecule has 0 fully saturated rings. The summed E-state index contributed by atoms with van der Waals surface area (Å²) < 4.78 is 0.879. The van der Waals surface area contributed by atoms with Crippen molar-refractivity contribution in [3.63, 3.8) is 0 Å². The van der Waals surface area contributed by atoms with E-state index in [0.717, 1.165) is 14.9 Å². The Hall–Kier alpha value is -0.520. The second-order valence-electron chi connectivity index (χ2n) is 3.05. The lowest BCUT2D eigenvalue weighted by molar-refractivity contribution is -0.138. The average Bonchev–Trinajstić information content (AvgIpc) is 2.17. The number of rotatable bonds is 4. The number of benzene rings is 1. The first-order valence-electron chi connectivity index (χ1n) is 4.35. The van der Waals surface area contributed by atoms with E-state index in [1.807, 2.05) is 18.4 Å². The monoisotopic (exact) mass is 289 g/mol. The van der Waals surface area contributed by atoms with Gasteiger partial charge in [0.2, 0.25) is 0 Å². The number of hydrogen-bond donors (Lipinski definition) is 2. The van der Waals surface area contributed by atoms with E-state index in [9.17, 15) is 4.79 Å². The normalized spacial score (nSPS) is 12.5. The predicted molar refractivity (Wildman–Crippen MR) is 65.4 cm³/mol. The van der Waals surface area contributed by atoms with Gasteiger partial charge in [-0.1, -0.05) is 15.9 Å². The van der Waals surface area contributed by atoms with Gasteiger partial charge in [0.25, 0.3) is 0 Å². The molecule has 3 nitrogen and oxygen atoms in total. The molecule has 1 aromatic carbocycles. The molecule has 0 heterocycles. The summed E-state index contributed by atoms with van der Waals surface area (Å²) in [7, 11) is 0. The van der Waals surface area contributed by atoms with Crippen molar-refractivity contribution in [2.45, 2.75) is 10.8 Å². The van der Waals surface area contributed by atoms with Crippen LogP contribution >= 0.6 is 27.7 Å². The SMILES string of the molecule is CSc1cc(Br)cc(C(CN)C(=O)O)c1. The first-order chi connectivity index (χ1) is 7.08. The number of hydrogen-bond acceptors (Lipinski definition) is 3. The Kier molecular flexibility index (Phi) is 4.63. The summed E-state index contributed by atoms with van der Waals surface area (Å²) in [6, 6.07) is 5.61. The molecular formula is C10H12BrNO2S. The van der Waals surface area contributed by atoms with E-state index in [2.05, 4.69) is 15.9 Å². The molecule has 0 saturated carbocycles. The molecule has 1 unspecified atom stereocenters. The lowest BCUT2D eigenvalue weighted by Crippen LogP contribution is -2.21. The van der Waals surface area contributed by atoms with E-state index < -0.39 is 11.9 Å². The summed E-state index contributed by atoms with van der Waals surface area (Å²) in [4.78, 5) is 12.0. The summed E-state index contributed by atoms with van der Waals surface area (Å²) in [6.07, 6.45) is 1.95. The smallest absolute Gasteiger partial charge is 0.312 e. The Morgan fingerprint density at radius 3 is 2.73 bits per heavy atom. The van der Waals surface area contributed by atoms with Crippen LogP contribution in [-0.4, -0.2) is 23.9 Å². The number of halogens is 1. The van der Waals surface area contributed by atoms with Crippen molar-refractivity contribution >= 4 is 33.7 Å². The lowest BCUT2D eigenvalue weighted by Gasteiger charge is -2.11. The van der Waals surface area contributed by atoms with Crippen molar-refractivity contribution in [2.24, 2.45) is 5.73 Å². The van der Waals surface area contributed by atoms with Crippen LogP contribution in [-0.2, 0) is 4.79 Å². The maximum atomic E-state index is 10.9. The van der Waals surface area contributed by atoms with E-state index in [-0.39, 0.29) is 6.54 Å². The molecule has 0 aromatic heterocycles. The zero-order chi connectivity index (χ0) is 11.4. The molecule has 0 aliphatic heterocycles. The Labute approximate surface area is 101 Å². The van der Waals surface area contributed by atoms with Gasteiger partial charge in [-0.15, -0.1) is 11.8 Å². The van der Waals surface area contributed by atoms with Gasteiger partial charge in [0, 0.05) is 15.9 Å². The molecule has 0 saturated heterocycles. The van der Waals surface area contributed by atoms with E-state index in [1.54, 1.807) is 17.8 Å². The molecule has 0 aliphatic carbocycles. The van der Waals surface area contributed by atoms with Gasteiger partial charge < -0.3 is 10.8 Å². The van der Waals surface area contributed by atoms with Crippen LogP contribution in [0.25, 0.3) is 0 Å². The van der Waals surface area contributed by atoms with Gasteiger partial charge in [-0.3, -0.25) is 4.79 Å². The van der Waals surface area contributed by atoms with E-state index in [0.29, 0.717) is 0 Å². The summed E-state index contributed by atoms with van der Waals surface area (Å²) >= 11 is 4.93. The van der Waals surface area contributed by atoms with Crippen LogP contribution < -0.4 is 5.73 Å². The van der Waals surface area contributed by atoms with Crippen LogP contribution in [0.15, 0.2) is 27.6 Å². The van der Waals surface area contributed by atoms with Crippen molar-refractivity contribution in [3.05, 3.63) is 28.2 Å². The Bertz CT molecular complexity index is 370. The highest BCUT2D eigenvalue weighted by Gasteiger charge is 2.18. The van der Waals surface area contributed by atoms with Gasteiger partial charge in [-0.2, -0.15) is 0 Å². The van der Waals surface area contributed by atoms with Gasteiger partial charge >= 0.3 is 5.97 Å². The van der Waals surface area contributed by atoms with Gasteiger partial charge in [-0.25, -0.2) is 0 Å². The third-order valence-corrected chi connectivity index (χ3v) is 3.23. The van der Waals surface area contributed by atoms with E-state index in [1.165, 1.54) is 0 Å². The molecule has 0 bridgehead atoms. The van der Waals surface area contributed by atoms with Crippen LogP contribution in [0.1, 0.15) is 11.5 Å². The minimum Gasteiger partial charge on any atom is -0.481 e. The number of carboxylic acid groups (broad SMARTS) is 1. The molecule has 0 amide bonds. The maximum absolute atomic E-state index is 10.9. The molecule has 1 aromatic rings. The molecular weight excluding hydrogens is 278 g/mol. The number of carbonyl (C=O) groups is 1. The summed E-state index contributed by atoms with van der Waals surface area (Å²) in [6.45, 7) is 0.111. The third kappa shape index (κ3) is 3.22. The molecule has 0 spiro atoms. The van der Waals surface area contributed by atoms with E-state index >= 15 is 0 Å². The first-order valence-corrected chi connectivity index (χ1v) is 6.37. The molecule has 82 valence electrons. The van der Waals surface area contributed by atoms with Crippen LogP contribution in [0.2, 0.25) is 0 Å². The van der Waals surface area contributed by atoms with Crippen molar-refractivity contribution in [3.8, 4) is 0 Å². The summed E-state index contributed by atoms with van der Waals surface area (Å²) in [5.74, 6) is -1.52. The Morgan fingerprint density at radius 1 is 1.60 bits per heavy atom. The Balaban J connectivity index is 3.11. The van der Waals surface area contributed by atoms with Crippen molar-refractivity contribution < 1.29 is 9.90 Å². The number of aliphatic carboxylic acids is 1. The van der Waals surface area contributed by atoms with Gasteiger partial charge in [0.1, 0.15) is 0 Å². The molecule has 5 heteroatoms. The first kappa shape index (κ1) is 12.5. The predicted octanol–water partition coefficient (Wildman–Crippen LogP) is 2.30. The van der Waals surface area contributed by atoms with Crippen molar-refractivity contribution in [2.75, 3.05) is 12.8 Å². The zero-order valence-corrected chi connectivity index (χ0v) is 10.6. The maximum Gasteiger partial charge on any atom is 0.312 e. The summed E-state index contributed by atoms with van der Waals surface area (Å²) in [5.41, 5.74) is 6.18. The van der Waals surface area contributed by atoms with E-state index in [4.69, 9.17) is 10.8 Å². The van der Waals surface area contributed by atoms with Gasteiger partial charge in [0.05, 0.1) is 5.92 Å². The molecule has 1 rings (SSSR count). The van der Waals surface area contributed by atoms with Crippen molar-refractivity contribution in [1.29, 1.82) is 0 Å². The van der Waals surface area contributed by atoms with Gasteiger partial charge in [0.15, 0.2) is 0 Å². The number of carboxylic acids is 1. The fourth-order valence-electron chi connectivity index (χ4n) is 1.28. The zero-order valence-electron chi connectivity index (χ0n) is 8.24. The second-order valence-corrected chi connectivity index (χ2v) is 4.85. The third-order valence-electron chi connectivity index (χ3n) is 2.07. The molecule has 3 N–H and O–H groups in total. The number of nitrogens with two attached hydrogens (primary N) is 1. The van der Waals surface area contributed by atoms with Crippen LogP contribution in [0.3, 0.4) is 0 Å². The second kappa shape index (κ2) is 5.53. The molecule has 0 radical (unpaired) electrons. The molecule has 0 aliphatic rings. The summed E-state index contributed by atoms with van der Waals surface area (Å²) in [5, 5.41) is 8.98. The van der Waals surface area contributed by atoms with Gasteiger partial charge in [-0.05, 0) is 30.0 Å². The highest BCUT2D eigenvalue weighted by atomic mass is 79.9. The van der Waals surface area contributed by atoms with Crippen molar-refractivity contribution in [1.82, 2.24) is 0 Å². The highest BCUT2D eigenvalue weighted by molar-refractivity contribution is 9.10. The fourth-order valence-corrected chi connectivity index (χ4v) is 2.44.